The van der Waals surface area contributed by atoms with E-state index in [2.05, 4.69) is 54.1 Å². The molecule has 1 amide bonds. The molecule has 4 aromatic rings. The molecular formula is C26H26ClN3O. The van der Waals surface area contributed by atoms with Gasteiger partial charge in [0.25, 0.3) is 5.91 Å². The average Bonchev–Trinajstić information content (AvgIpc) is 3.11. The first-order chi connectivity index (χ1) is 15.0. The summed E-state index contributed by atoms with van der Waals surface area (Å²) < 4.78 is 2.24. The van der Waals surface area contributed by atoms with E-state index in [4.69, 9.17) is 16.6 Å². The summed E-state index contributed by atoms with van der Waals surface area (Å²) in [5.74, 6) is 1.34. The molecule has 0 radical (unpaired) electrons. The molecule has 1 N–H and O–H groups in total. The molecule has 0 bridgehead atoms. The first-order valence-electron chi connectivity index (χ1n) is 10.6. The van der Waals surface area contributed by atoms with Crippen LogP contribution in [-0.4, -0.2) is 22.0 Å². The van der Waals surface area contributed by atoms with Crippen molar-refractivity contribution in [1.29, 1.82) is 0 Å². The highest BCUT2D eigenvalue weighted by Crippen LogP contribution is 2.20. The monoisotopic (exact) mass is 431 g/mol. The van der Waals surface area contributed by atoms with Crippen molar-refractivity contribution in [2.75, 3.05) is 6.54 Å². The van der Waals surface area contributed by atoms with Gasteiger partial charge in [-0.25, -0.2) is 4.98 Å². The summed E-state index contributed by atoms with van der Waals surface area (Å²) in [5, 5.41) is 3.53. The Morgan fingerprint density at radius 1 is 1.03 bits per heavy atom. The molecule has 0 atom stereocenters. The number of fused-ring (bicyclic) bond motifs is 1. The normalized spacial score (nSPS) is 11.2. The molecule has 0 saturated heterocycles. The van der Waals surface area contributed by atoms with Crippen molar-refractivity contribution in [2.45, 2.75) is 32.7 Å². The molecule has 31 heavy (non-hydrogen) atoms. The minimum Gasteiger partial charge on any atom is -0.352 e. The molecule has 3 aromatic carbocycles. The van der Waals surface area contributed by atoms with E-state index >= 15 is 0 Å². The Balaban J connectivity index is 1.51. The van der Waals surface area contributed by atoms with Crippen molar-refractivity contribution < 1.29 is 4.79 Å². The molecule has 5 heteroatoms. The summed E-state index contributed by atoms with van der Waals surface area (Å²) in [5.41, 5.74) is 5.20. The second kappa shape index (κ2) is 9.36. The third-order valence-electron chi connectivity index (χ3n) is 5.44. The Morgan fingerprint density at radius 3 is 2.55 bits per heavy atom. The molecule has 0 aliphatic heterocycles. The van der Waals surface area contributed by atoms with Gasteiger partial charge >= 0.3 is 0 Å². The van der Waals surface area contributed by atoms with E-state index in [1.165, 1.54) is 11.1 Å². The van der Waals surface area contributed by atoms with Crippen molar-refractivity contribution in [3.8, 4) is 0 Å². The number of carbonyl (C=O) groups excluding carboxylic acids is 1. The molecule has 1 heterocycles. The summed E-state index contributed by atoms with van der Waals surface area (Å²) in [7, 11) is 0. The van der Waals surface area contributed by atoms with Gasteiger partial charge in [0, 0.05) is 30.1 Å². The Labute approximate surface area is 187 Å². The highest BCUT2D eigenvalue weighted by atomic mass is 35.5. The summed E-state index contributed by atoms with van der Waals surface area (Å²) in [6.45, 7) is 5.65. The minimum absolute atomic E-state index is 0.130. The van der Waals surface area contributed by atoms with E-state index in [-0.39, 0.29) is 5.91 Å². The lowest BCUT2D eigenvalue weighted by atomic mass is 10.0. The van der Waals surface area contributed by atoms with Crippen LogP contribution in [0.5, 0.6) is 0 Å². The maximum absolute atomic E-state index is 12.4. The number of imidazole rings is 1. The number of hydrogen-bond acceptors (Lipinski definition) is 2. The van der Waals surface area contributed by atoms with E-state index in [0.29, 0.717) is 29.5 Å². The largest absolute Gasteiger partial charge is 0.352 e. The third kappa shape index (κ3) is 4.97. The smallest absolute Gasteiger partial charge is 0.251 e. The van der Waals surface area contributed by atoms with Gasteiger partial charge < -0.3 is 9.88 Å². The van der Waals surface area contributed by atoms with Gasteiger partial charge in [0.05, 0.1) is 11.0 Å². The molecule has 0 aliphatic rings. The van der Waals surface area contributed by atoms with Crippen LogP contribution >= 0.6 is 11.6 Å². The summed E-state index contributed by atoms with van der Waals surface area (Å²) in [6, 6.07) is 23.9. The van der Waals surface area contributed by atoms with Crippen LogP contribution in [0.4, 0.5) is 0 Å². The van der Waals surface area contributed by atoms with E-state index in [1.54, 1.807) is 24.3 Å². The summed E-state index contributed by atoms with van der Waals surface area (Å²) in [4.78, 5) is 17.3. The fourth-order valence-electron chi connectivity index (χ4n) is 3.70. The Kier molecular flexibility index (Phi) is 6.38. The number of halogens is 1. The van der Waals surface area contributed by atoms with Crippen molar-refractivity contribution in [3.05, 3.63) is 100 Å². The van der Waals surface area contributed by atoms with Gasteiger partial charge in [-0.2, -0.15) is 0 Å². The molecular weight excluding hydrogens is 406 g/mol. The number of para-hydroxylation sites is 2. The topological polar surface area (TPSA) is 46.9 Å². The fraction of sp³-hybridized carbons (Fsp3) is 0.231. The lowest BCUT2D eigenvalue weighted by Crippen LogP contribution is -2.26. The van der Waals surface area contributed by atoms with Gasteiger partial charge in [-0.15, -0.1) is 0 Å². The molecule has 4 nitrogen and oxygen atoms in total. The number of amides is 1. The van der Waals surface area contributed by atoms with Gasteiger partial charge in [0.2, 0.25) is 0 Å². The maximum atomic E-state index is 12.4. The average molecular weight is 432 g/mol. The molecule has 0 fully saturated rings. The predicted molar refractivity (Wildman–Crippen MR) is 127 cm³/mol. The quantitative estimate of drug-likeness (QED) is 0.400. The molecule has 158 valence electrons. The molecule has 4 rings (SSSR count). The van der Waals surface area contributed by atoms with Crippen molar-refractivity contribution in [2.24, 2.45) is 0 Å². The number of rotatable bonds is 7. The van der Waals surface area contributed by atoms with Gasteiger partial charge in [0.1, 0.15) is 5.82 Å². The third-order valence-corrected chi connectivity index (χ3v) is 5.68. The number of carbonyl (C=O) groups is 1. The number of aromatic nitrogens is 2. The van der Waals surface area contributed by atoms with E-state index < -0.39 is 0 Å². The van der Waals surface area contributed by atoms with Crippen LogP contribution in [0.25, 0.3) is 11.0 Å². The zero-order valence-electron chi connectivity index (χ0n) is 17.8. The van der Waals surface area contributed by atoms with Crippen LogP contribution in [0, 0.1) is 0 Å². The Morgan fingerprint density at radius 2 is 1.81 bits per heavy atom. The number of hydrogen-bond donors (Lipinski definition) is 1. The van der Waals surface area contributed by atoms with E-state index in [1.807, 2.05) is 18.2 Å². The van der Waals surface area contributed by atoms with Crippen LogP contribution in [0.2, 0.25) is 5.02 Å². The summed E-state index contributed by atoms with van der Waals surface area (Å²) in [6.07, 6.45) is 0.644. The molecule has 0 saturated carbocycles. The van der Waals surface area contributed by atoms with Crippen LogP contribution in [0.15, 0.2) is 72.8 Å². The van der Waals surface area contributed by atoms with Crippen LogP contribution in [0.1, 0.15) is 47.1 Å². The lowest BCUT2D eigenvalue weighted by molar-refractivity contribution is 0.0954. The Bertz CT molecular complexity index is 1190. The fourth-order valence-corrected chi connectivity index (χ4v) is 3.89. The van der Waals surface area contributed by atoms with Crippen molar-refractivity contribution in [1.82, 2.24) is 14.9 Å². The highest BCUT2D eigenvalue weighted by Gasteiger charge is 2.12. The molecule has 0 spiro atoms. The second-order valence-corrected chi connectivity index (χ2v) is 8.45. The standard InChI is InChI=1S/C26H26ClN3O/c1-18(2)20-12-10-19(11-13-20)17-30-24-9-4-3-8-23(24)29-25(30)14-15-28-26(31)21-6-5-7-22(27)16-21/h3-13,16,18H,14-15,17H2,1-2H3,(H,28,31). The molecule has 1 aromatic heterocycles. The van der Waals surface area contributed by atoms with Crippen molar-refractivity contribution in [3.63, 3.8) is 0 Å². The maximum Gasteiger partial charge on any atom is 0.251 e. The van der Waals surface area contributed by atoms with E-state index in [9.17, 15) is 4.79 Å². The van der Waals surface area contributed by atoms with Gasteiger partial charge in [-0.1, -0.05) is 67.9 Å². The van der Waals surface area contributed by atoms with Crippen LogP contribution < -0.4 is 5.32 Å². The summed E-state index contributed by atoms with van der Waals surface area (Å²) >= 11 is 6.00. The van der Waals surface area contributed by atoms with Gasteiger partial charge in [-0.3, -0.25) is 4.79 Å². The number of benzene rings is 3. The Hall–Kier alpha value is -3.11. The predicted octanol–water partition coefficient (Wildman–Crippen LogP) is 5.83. The lowest BCUT2D eigenvalue weighted by Gasteiger charge is -2.12. The van der Waals surface area contributed by atoms with Crippen molar-refractivity contribution >= 4 is 28.5 Å². The zero-order valence-corrected chi connectivity index (χ0v) is 18.6. The van der Waals surface area contributed by atoms with E-state index in [0.717, 1.165) is 23.4 Å². The van der Waals surface area contributed by atoms with Gasteiger partial charge in [0.15, 0.2) is 0 Å². The van der Waals surface area contributed by atoms with Gasteiger partial charge in [-0.05, 0) is 47.4 Å². The molecule has 0 unspecified atom stereocenters. The number of nitrogens with one attached hydrogen (secondary N) is 1. The minimum atomic E-state index is -0.130. The SMILES string of the molecule is CC(C)c1ccc(Cn2c(CCNC(=O)c3cccc(Cl)c3)nc3ccccc32)cc1. The number of nitrogens with zero attached hydrogens (tertiary/aromatic N) is 2. The van der Waals surface area contributed by atoms with Crippen LogP contribution in [0.3, 0.4) is 0 Å². The zero-order chi connectivity index (χ0) is 21.8. The first-order valence-corrected chi connectivity index (χ1v) is 11.0. The highest BCUT2D eigenvalue weighted by molar-refractivity contribution is 6.30. The second-order valence-electron chi connectivity index (χ2n) is 8.02. The van der Waals surface area contributed by atoms with Crippen LogP contribution in [-0.2, 0) is 13.0 Å². The molecule has 0 aliphatic carbocycles. The first kappa shape index (κ1) is 21.1.